The predicted octanol–water partition coefficient (Wildman–Crippen LogP) is 6.83. The molecular weight excluding hydrogens is 590 g/mol. The zero-order chi connectivity index (χ0) is 32.2. The third kappa shape index (κ3) is 6.27. The van der Waals surface area contributed by atoms with Crippen molar-refractivity contribution in [1.29, 1.82) is 0 Å². The molecule has 1 amide bonds. The zero-order valence-corrected chi connectivity index (χ0v) is 28.5. The Morgan fingerprint density at radius 3 is 2.29 bits per heavy atom. The molecule has 1 aromatic carbocycles. The normalized spacial score (nSPS) is 39.9. The first-order chi connectivity index (χ1) is 21.2. The molecule has 0 aliphatic heterocycles. The van der Waals surface area contributed by atoms with E-state index >= 15 is 0 Å². The molecule has 0 saturated heterocycles. The molecule has 6 rings (SSSR count). The summed E-state index contributed by atoms with van der Waals surface area (Å²) in [6.45, 7) is 9.15. The fourth-order valence-corrected chi connectivity index (χ4v) is 12.0. The minimum Gasteiger partial charge on any atom is -0.488 e. The van der Waals surface area contributed by atoms with Gasteiger partial charge in [0, 0.05) is 0 Å². The monoisotopic (exact) mass is 645 g/mol. The molecular formula is C36H55NO7S. The van der Waals surface area contributed by atoms with Gasteiger partial charge >= 0.3 is 6.09 Å². The van der Waals surface area contributed by atoms with Gasteiger partial charge in [-0.15, -0.1) is 0 Å². The highest BCUT2D eigenvalue weighted by Gasteiger charge is 2.63. The van der Waals surface area contributed by atoms with Crippen molar-refractivity contribution in [1.82, 2.24) is 4.72 Å². The fraction of sp³-hybridized carbons (Fsp3) is 0.806. The second-order valence-corrected chi connectivity index (χ2v) is 17.9. The first kappa shape index (κ1) is 33.1. The Balaban J connectivity index is 1.04. The number of aliphatic hydroxyl groups is 2. The number of ether oxygens (including phenoxy) is 2. The van der Waals surface area contributed by atoms with Gasteiger partial charge in [0.2, 0.25) is 0 Å². The maximum atomic E-state index is 13.0. The highest BCUT2D eigenvalue weighted by atomic mass is 32.2. The largest absolute Gasteiger partial charge is 0.488 e. The maximum absolute atomic E-state index is 13.0. The second-order valence-electron chi connectivity index (χ2n) is 16.2. The van der Waals surface area contributed by atoms with Crippen molar-refractivity contribution in [3.8, 4) is 5.75 Å². The quantitative estimate of drug-likeness (QED) is 0.297. The Labute approximate surface area is 270 Å². The van der Waals surface area contributed by atoms with Crippen LogP contribution in [0.15, 0.2) is 29.2 Å². The van der Waals surface area contributed by atoms with Crippen LogP contribution in [0, 0.1) is 46.3 Å². The average molecular weight is 646 g/mol. The maximum Gasteiger partial charge on any atom is 0.421 e. The molecule has 0 radical (unpaired) electrons. The molecule has 3 N–H and O–H groups in total. The number of aliphatic hydroxyl groups excluding tert-OH is 2. The van der Waals surface area contributed by atoms with Crippen molar-refractivity contribution < 1.29 is 32.9 Å². The average Bonchev–Trinajstić information content (AvgIpc) is 3.34. The van der Waals surface area contributed by atoms with Crippen molar-refractivity contribution in [3.05, 3.63) is 24.3 Å². The second kappa shape index (κ2) is 12.3. The summed E-state index contributed by atoms with van der Waals surface area (Å²) in [5.74, 6) is 2.58. The molecule has 0 bridgehead atoms. The number of sulfonamides is 1. The van der Waals surface area contributed by atoms with Gasteiger partial charge in [-0.25, -0.2) is 17.9 Å². The topological polar surface area (TPSA) is 122 Å². The van der Waals surface area contributed by atoms with Crippen LogP contribution in [0.1, 0.15) is 111 Å². The highest BCUT2D eigenvalue weighted by Crippen LogP contribution is 2.68. The van der Waals surface area contributed by atoms with Crippen LogP contribution < -0.4 is 9.46 Å². The Hall–Kier alpha value is -1.84. The summed E-state index contributed by atoms with van der Waals surface area (Å²) in [6.07, 6.45) is 11.7. The van der Waals surface area contributed by atoms with Crippen LogP contribution in [0.2, 0.25) is 0 Å². The van der Waals surface area contributed by atoms with Crippen molar-refractivity contribution >= 4 is 16.1 Å². The van der Waals surface area contributed by atoms with Crippen molar-refractivity contribution in [2.24, 2.45) is 46.3 Å². The first-order valence-electron chi connectivity index (χ1n) is 17.6. The number of benzene rings is 1. The van der Waals surface area contributed by atoms with E-state index in [0.717, 1.165) is 77.0 Å². The van der Waals surface area contributed by atoms with E-state index in [-0.39, 0.29) is 52.0 Å². The fourth-order valence-electron chi connectivity index (χ4n) is 11.1. The van der Waals surface area contributed by atoms with E-state index in [9.17, 15) is 23.4 Å². The Morgan fingerprint density at radius 1 is 0.911 bits per heavy atom. The van der Waals surface area contributed by atoms with Crippen LogP contribution >= 0.6 is 0 Å². The number of amides is 1. The molecule has 5 saturated carbocycles. The van der Waals surface area contributed by atoms with E-state index in [1.807, 2.05) is 0 Å². The number of rotatable bonds is 7. The lowest BCUT2D eigenvalue weighted by molar-refractivity contribution is -0.174. The van der Waals surface area contributed by atoms with Gasteiger partial charge in [0.25, 0.3) is 10.0 Å². The summed E-state index contributed by atoms with van der Waals surface area (Å²) in [4.78, 5) is 12.7. The molecule has 5 fully saturated rings. The number of carbonyl (C=O) groups excluding carboxylic acids is 1. The van der Waals surface area contributed by atoms with Crippen LogP contribution in [0.3, 0.4) is 0 Å². The summed E-state index contributed by atoms with van der Waals surface area (Å²) in [7, 11) is -4.08. The molecule has 0 unspecified atom stereocenters. The standard InChI is InChI=1S/C36H55NO7S/c1-23(22-43-33(40)37-45(41,42)27-10-8-26(9-11-27)44-34(2)16-6-5-7-17-34)28-12-13-29-32-30(15-19-36(28,29)4)35(3)18-14-25(38)20-24(35)21-31(32)39/h8-11,23-25,28-32,38-39H,5-7,12-22H2,1-4H3,(H,37,40)/t23-,24+,25-,28-,29+,30+,31-,32+,35+,36-/m1/s1. The van der Waals surface area contributed by atoms with Crippen LogP contribution in [0.4, 0.5) is 4.79 Å². The number of nitrogens with one attached hydrogen (secondary N) is 1. The molecule has 9 heteroatoms. The molecule has 252 valence electrons. The lowest BCUT2D eigenvalue weighted by Gasteiger charge is -2.62. The van der Waals surface area contributed by atoms with E-state index in [4.69, 9.17) is 9.47 Å². The van der Waals surface area contributed by atoms with Crippen LogP contribution in [-0.4, -0.2) is 49.1 Å². The van der Waals surface area contributed by atoms with Gasteiger partial charge in [-0.1, -0.05) is 27.2 Å². The van der Waals surface area contributed by atoms with Gasteiger partial charge in [0.05, 0.1) is 23.7 Å². The molecule has 5 aliphatic rings. The zero-order valence-electron chi connectivity index (χ0n) is 27.7. The van der Waals surface area contributed by atoms with Gasteiger partial charge < -0.3 is 19.7 Å². The van der Waals surface area contributed by atoms with Gasteiger partial charge in [-0.05, 0) is 155 Å². The molecule has 0 spiro atoms. The third-order valence-electron chi connectivity index (χ3n) is 13.5. The Bertz CT molecular complexity index is 1330. The summed E-state index contributed by atoms with van der Waals surface area (Å²) in [5.41, 5.74) is -0.00441. The molecule has 5 aliphatic carbocycles. The summed E-state index contributed by atoms with van der Waals surface area (Å²) in [6, 6.07) is 6.23. The lowest BCUT2D eigenvalue weighted by atomic mass is 9.43. The lowest BCUT2D eigenvalue weighted by Crippen LogP contribution is -2.58. The van der Waals surface area contributed by atoms with Crippen molar-refractivity contribution in [2.75, 3.05) is 6.61 Å². The van der Waals surface area contributed by atoms with Gasteiger partial charge in [0.1, 0.15) is 11.4 Å². The number of fused-ring (bicyclic) bond motifs is 5. The van der Waals surface area contributed by atoms with E-state index in [1.165, 1.54) is 18.6 Å². The van der Waals surface area contributed by atoms with Crippen LogP contribution in [0.5, 0.6) is 5.75 Å². The number of hydrogen-bond acceptors (Lipinski definition) is 7. The third-order valence-corrected chi connectivity index (χ3v) is 14.8. The molecule has 10 atom stereocenters. The van der Waals surface area contributed by atoms with Crippen LogP contribution in [0.25, 0.3) is 0 Å². The minimum absolute atomic E-state index is 0.00833. The van der Waals surface area contributed by atoms with E-state index in [0.29, 0.717) is 29.4 Å². The molecule has 45 heavy (non-hydrogen) atoms. The highest BCUT2D eigenvalue weighted by molar-refractivity contribution is 7.90. The Morgan fingerprint density at radius 2 is 1.58 bits per heavy atom. The van der Waals surface area contributed by atoms with Crippen molar-refractivity contribution in [3.63, 3.8) is 0 Å². The predicted molar refractivity (Wildman–Crippen MR) is 172 cm³/mol. The smallest absolute Gasteiger partial charge is 0.421 e. The van der Waals surface area contributed by atoms with Gasteiger partial charge in [0.15, 0.2) is 0 Å². The molecule has 8 nitrogen and oxygen atoms in total. The number of hydrogen-bond donors (Lipinski definition) is 3. The SMILES string of the molecule is C[C@H](COC(=O)NS(=O)(=O)c1ccc(OC2(C)CCCCC2)cc1)[C@H]1CC[C@H]2[C@@H]3[C@H](O)C[C@@H]4C[C@H](O)CC[C@]4(C)[C@H]3CC[C@]12C. The summed E-state index contributed by atoms with van der Waals surface area (Å²) >= 11 is 0. The number of carbonyl (C=O) groups is 1. The van der Waals surface area contributed by atoms with E-state index < -0.39 is 16.1 Å². The van der Waals surface area contributed by atoms with Crippen molar-refractivity contribution in [2.45, 2.75) is 134 Å². The molecule has 0 aromatic heterocycles. The van der Waals surface area contributed by atoms with Gasteiger partial charge in [-0.2, -0.15) is 0 Å². The van der Waals surface area contributed by atoms with Crippen LogP contribution in [-0.2, 0) is 14.8 Å². The first-order valence-corrected chi connectivity index (χ1v) is 19.1. The Kier molecular flexibility index (Phi) is 9.05. The van der Waals surface area contributed by atoms with E-state index in [1.54, 1.807) is 12.1 Å². The molecule has 0 heterocycles. The van der Waals surface area contributed by atoms with E-state index in [2.05, 4.69) is 32.4 Å². The molecule has 1 aromatic rings. The minimum atomic E-state index is -4.08. The van der Waals surface area contributed by atoms with Gasteiger partial charge in [-0.3, -0.25) is 0 Å². The summed E-state index contributed by atoms with van der Waals surface area (Å²) < 4.78 is 39.7. The summed E-state index contributed by atoms with van der Waals surface area (Å²) in [5, 5.41) is 21.8.